The summed E-state index contributed by atoms with van der Waals surface area (Å²) in [5.41, 5.74) is 0.0332. The zero-order valence-electron chi connectivity index (χ0n) is 27.9. The van der Waals surface area contributed by atoms with Gasteiger partial charge in [-0.25, -0.2) is 9.08 Å². The summed E-state index contributed by atoms with van der Waals surface area (Å²) in [6.45, 7) is 7.74. The van der Waals surface area contributed by atoms with Gasteiger partial charge >= 0.3 is 0 Å². The zero-order chi connectivity index (χ0) is 34.6. The van der Waals surface area contributed by atoms with Gasteiger partial charge in [0, 0.05) is 48.6 Å². The molecule has 4 aliphatic heterocycles. The highest BCUT2D eigenvalue weighted by Gasteiger charge is 2.78. The third-order valence-electron chi connectivity index (χ3n) is 10.6. The lowest BCUT2D eigenvalue weighted by atomic mass is 9.79. The van der Waals surface area contributed by atoms with Crippen LogP contribution in [-0.2, 0) is 43.7 Å². The Balaban J connectivity index is 1.32. The fourth-order valence-electron chi connectivity index (χ4n) is 8.64. The average molecular weight is 749 g/mol. The molecule has 48 heavy (non-hydrogen) atoms. The summed E-state index contributed by atoms with van der Waals surface area (Å²) in [6.07, 6.45) is 6.49. The maximum Gasteiger partial charge on any atom is 0.291 e. The number of aromatic amines is 1. The Morgan fingerprint density at radius 3 is 2.62 bits per heavy atom. The van der Waals surface area contributed by atoms with Gasteiger partial charge in [0.2, 0.25) is 17.4 Å². The summed E-state index contributed by atoms with van der Waals surface area (Å²) in [4.78, 5) is 51.9. The standard InChI is InChI=1S/C33H42BrN5O8S/c1-18(2)15-31(47-48(6,43)44)29(41)38-12-8-11-26(38)33(46-34)39(31)30(42)32(45-33,19(3)4)36-28(40)21-13-23-22-9-7-10-24-27(22)20(16-35-24)14-25(23)37(5)17-21/h7,9-10,13,16,18-19,21,25-26,35H,8,11-12,14-15,17H2,1-6H3,(H,36,40). The van der Waals surface area contributed by atoms with Crippen LogP contribution in [0.25, 0.3) is 16.5 Å². The molecule has 3 saturated heterocycles. The molecule has 0 spiro atoms. The minimum absolute atomic E-state index is 0.0783. The largest absolute Gasteiger partial charge is 0.361 e. The molecule has 6 unspecified atom stereocenters. The molecular formula is C33H42BrN5O8S. The van der Waals surface area contributed by atoms with Crippen LogP contribution in [0.3, 0.4) is 0 Å². The molecule has 0 bridgehead atoms. The number of nitrogens with zero attached hydrogens (tertiary/aromatic N) is 3. The molecule has 1 aliphatic carbocycles. The lowest BCUT2D eigenvalue weighted by Crippen LogP contribution is -2.78. The number of halogens is 1. The predicted molar refractivity (Wildman–Crippen MR) is 179 cm³/mol. The molecule has 3 fully saturated rings. The van der Waals surface area contributed by atoms with Crippen molar-refractivity contribution in [2.24, 2.45) is 17.8 Å². The Kier molecular flexibility index (Phi) is 7.96. The zero-order valence-corrected chi connectivity index (χ0v) is 30.3. The Hall–Kier alpha value is -2.82. The Morgan fingerprint density at radius 2 is 1.96 bits per heavy atom. The van der Waals surface area contributed by atoms with E-state index in [1.54, 1.807) is 27.7 Å². The first-order valence-electron chi connectivity index (χ1n) is 16.5. The fraction of sp³-hybridized carbons (Fsp3) is 0.606. The van der Waals surface area contributed by atoms with Crippen LogP contribution in [0.1, 0.15) is 58.1 Å². The van der Waals surface area contributed by atoms with Crippen LogP contribution in [0.15, 0.2) is 30.5 Å². The molecular weight excluding hydrogens is 706 g/mol. The smallest absolute Gasteiger partial charge is 0.291 e. The van der Waals surface area contributed by atoms with Gasteiger partial charge in [-0.1, -0.05) is 45.9 Å². The van der Waals surface area contributed by atoms with E-state index in [1.807, 2.05) is 31.5 Å². The summed E-state index contributed by atoms with van der Waals surface area (Å²) in [5, 5.41) is 4.11. The summed E-state index contributed by atoms with van der Waals surface area (Å²) in [7, 11) is -2.32. The predicted octanol–water partition coefficient (Wildman–Crippen LogP) is 3.07. The number of piperazine rings is 1. The van der Waals surface area contributed by atoms with Crippen molar-refractivity contribution in [2.75, 3.05) is 26.4 Å². The normalized spacial score (nSPS) is 33.4. The fourth-order valence-corrected chi connectivity index (χ4v) is 9.78. The van der Waals surface area contributed by atoms with E-state index in [0.29, 0.717) is 25.9 Å². The van der Waals surface area contributed by atoms with E-state index >= 15 is 4.79 Å². The summed E-state index contributed by atoms with van der Waals surface area (Å²) in [6, 6.07) is 5.39. The number of hydrogen-bond donors (Lipinski definition) is 2. The number of likely N-dealkylation sites (N-methyl/N-ethyl adjacent to an activating group) is 1. The second kappa shape index (κ2) is 11.4. The van der Waals surface area contributed by atoms with Gasteiger partial charge < -0.3 is 15.2 Å². The van der Waals surface area contributed by atoms with Gasteiger partial charge in [-0.05, 0) is 55.0 Å². The molecule has 0 saturated carbocycles. The lowest BCUT2D eigenvalue weighted by molar-refractivity contribution is -0.328. The van der Waals surface area contributed by atoms with E-state index in [1.165, 1.54) is 10.5 Å². The average Bonchev–Trinajstić information content (AvgIpc) is 3.73. The number of H-pyrrole nitrogens is 1. The summed E-state index contributed by atoms with van der Waals surface area (Å²) >= 11 is 3.11. The minimum Gasteiger partial charge on any atom is -0.361 e. The first-order valence-corrected chi connectivity index (χ1v) is 18.9. The van der Waals surface area contributed by atoms with Crippen molar-refractivity contribution < 1.29 is 35.5 Å². The van der Waals surface area contributed by atoms with E-state index in [2.05, 4.69) is 37.5 Å². The molecule has 13 nitrogen and oxygen atoms in total. The van der Waals surface area contributed by atoms with Gasteiger partial charge in [-0.2, -0.15) is 8.42 Å². The van der Waals surface area contributed by atoms with E-state index in [4.69, 9.17) is 12.7 Å². The number of benzene rings is 1. The maximum absolute atomic E-state index is 15.0. The minimum atomic E-state index is -4.31. The monoisotopic (exact) mass is 747 g/mol. The maximum atomic E-state index is 15.0. The van der Waals surface area contributed by atoms with Crippen molar-refractivity contribution in [3.8, 4) is 0 Å². The third-order valence-corrected chi connectivity index (χ3v) is 11.6. The molecule has 0 radical (unpaired) electrons. The molecule has 1 aromatic heterocycles. The van der Waals surface area contributed by atoms with Crippen molar-refractivity contribution in [1.82, 2.24) is 25.0 Å². The van der Waals surface area contributed by atoms with Crippen molar-refractivity contribution >= 4 is 60.6 Å². The van der Waals surface area contributed by atoms with Crippen LogP contribution in [0.5, 0.6) is 0 Å². The summed E-state index contributed by atoms with van der Waals surface area (Å²) in [5.74, 6) is -5.55. The quantitative estimate of drug-likeness (QED) is 0.389. The number of fused-ring (bicyclic) bond motifs is 5. The number of aromatic nitrogens is 1. The SMILES string of the molecule is CC(C)CC1(OS(C)(=O)=O)C(=O)N2CCCC2C2(OBr)OC(NC(=O)C3C=C4c5cccc6[nH]cc(c56)CC4N(C)C3)(C(C)C)C(=O)N12. The molecule has 6 atom stereocenters. The topological polar surface area (TPSA) is 151 Å². The van der Waals surface area contributed by atoms with Crippen LogP contribution in [-0.4, -0.2) is 102 Å². The van der Waals surface area contributed by atoms with Crippen molar-refractivity contribution in [2.45, 2.75) is 82.8 Å². The van der Waals surface area contributed by atoms with E-state index in [0.717, 1.165) is 39.6 Å². The second-order valence-corrected chi connectivity index (χ2v) is 16.5. The van der Waals surface area contributed by atoms with Gasteiger partial charge in [-0.15, -0.1) is 0 Å². The van der Waals surface area contributed by atoms with Gasteiger partial charge in [0.1, 0.15) is 22.3 Å². The van der Waals surface area contributed by atoms with Crippen molar-refractivity contribution in [3.05, 3.63) is 41.6 Å². The van der Waals surface area contributed by atoms with Gasteiger partial charge in [0.15, 0.2) is 0 Å². The molecule has 2 N–H and O–H groups in total. The van der Waals surface area contributed by atoms with Crippen LogP contribution >= 0.6 is 16.3 Å². The molecule has 2 aromatic rings. The number of nitrogens with one attached hydrogen (secondary N) is 2. The number of ether oxygens (including phenoxy) is 1. The Morgan fingerprint density at radius 1 is 1.21 bits per heavy atom. The number of carbonyl (C=O) groups excluding carboxylic acids is 3. The first kappa shape index (κ1) is 33.7. The molecule has 7 rings (SSSR count). The van der Waals surface area contributed by atoms with E-state index in [9.17, 15) is 18.0 Å². The van der Waals surface area contributed by atoms with Gasteiger partial charge in [-0.3, -0.25) is 27.8 Å². The van der Waals surface area contributed by atoms with E-state index < -0.39 is 63.1 Å². The summed E-state index contributed by atoms with van der Waals surface area (Å²) < 4.78 is 44.1. The highest BCUT2D eigenvalue weighted by molar-refractivity contribution is 9.06. The Bertz CT molecular complexity index is 1850. The van der Waals surface area contributed by atoms with Crippen LogP contribution in [0.2, 0.25) is 0 Å². The molecule has 5 aliphatic rings. The number of amides is 3. The molecule has 3 amide bonds. The van der Waals surface area contributed by atoms with Crippen molar-refractivity contribution in [1.29, 1.82) is 0 Å². The van der Waals surface area contributed by atoms with Crippen molar-refractivity contribution in [3.63, 3.8) is 0 Å². The number of hydrogen-bond acceptors (Lipinski definition) is 9. The molecule has 15 heteroatoms. The Labute approximate surface area is 288 Å². The van der Waals surface area contributed by atoms with Crippen LogP contribution < -0.4 is 5.32 Å². The van der Waals surface area contributed by atoms with Gasteiger partial charge in [0.25, 0.3) is 27.8 Å². The molecule has 1 aromatic carbocycles. The number of rotatable bonds is 8. The number of carbonyl (C=O) groups is 3. The van der Waals surface area contributed by atoms with E-state index in [-0.39, 0.29) is 18.4 Å². The first-order chi connectivity index (χ1) is 22.6. The van der Waals surface area contributed by atoms with Crippen LogP contribution in [0.4, 0.5) is 0 Å². The lowest BCUT2D eigenvalue weighted by Gasteiger charge is -2.54. The van der Waals surface area contributed by atoms with Crippen LogP contribution in [0, 0.1) is 17.8 Å². The van der Waals surface area contributed by atoms with Gasteiger partial charge in [0.05, 0.1) is 12.2 Å². The highest BCUT2D eigenvalue weighted by Crippen LogP contribution is 2.55. The third kappa shape index (κ3) is 4.75. The molecule has 260 valence electrons. The second-order valence-electron chi connectivity index (χ2n) is 14.6. The molecule has 5 heterocycles. The highest BCUT2D eigenvalue weighted by atomic mass is 79.9.